The Balaban J connectivity index is 0.000000209. The van der Waals surface area contributed by atoms with E-state index < -0.39 is 69.6 Å². The molecule has 1 saturated heterocycles. The topological polar surface area (TPSA) is 174 Å². The summed E-state index contributed by atoms with van der Waals surface area (Å²) in [5.74, 6) is -3.35. The standard InChI is InChI=1S/C24H22F3N3O4.C17H10ClF3N2O3/c1-34-23(33)20-8-4-5-11-30(20)14-9-10-19(17(12-14)24(25,26)27)29-22(32)16-13-28-18-7-3-2-6-15(18)21(16)31;18-12-3-1-2-9-14(12)22-7-10(15(9)25)16(26)23-8-4-5-11(13(24)6-8)17(19,20)21/h2-3,6-7,9-10,12-13,20H,4-5,8,11H2,1H3,(H,28,31)(H,29,32);1-7,24H,(H,22,25)(H,23,26)/t20-;/m0./s1. The van der Waals surface area contributed by atoms with Crippen LogP contribution >= 0.6 is 11.6 Å². The number of aromatic amines is 2. The number of aromatic nitrogens is 2. The molecule has 2 aromatic heterocycles. The molecule has 312 valence electrons. The van der Waals surface area contributed by atoms with E-state index in [9.17, 15) is 55.4 Å². The number of fused-ring (bicyclic) bond motifs is 2. The van der Waals surface area contributed by atoms with Crippen LogP contribution in [-0.4, -0.2) is 52.6 Å². The smallest absolute Gasteiger partial charge is 0.419 e. The highest BCUT2D eigenvalue weighted by atomic mass is 35.5. The predicted octanol–water partition coefficient (Wildman–Crippen LogP) is 8.49. The lowest BCUT2D eigenvalue weighted by Crippen LogP contribution is -2.45. The van der Waals surface area contributed by atoms with Gasteiger partial charge in [-0.2, -0.15) is 26.3 Å². The van der Waals surface area contributed by atoms with E-state index in [1.54, 1.807) is 35.2 Å². The van der Waals surface area contributed by atoms with Crippen molar-refractivity contribution >= 4 is 68.3 Å². The number of carbonyl (C=O) groups excluding carboxylic acids is 3. The van der Waals surface area contributed by atoms with Crippen LogP contribution in [0.15, 0.2) is 101 Å². The Morgan fingerprint density at radius 3 is 2.12 bits per heavy atom. The first kappa shape index (κ1) is 42.8. The van der Waals surface area contributed by atoms with Gasteiger partial charge in [0, 0.05) is 52.7 Å². The number of pyridine rings is 2. The third-order valence-corrected chi connectivity index (χ3v) is 9.88. The van der Waals surface area contributed by atoms with Crippen LogP contribution in [0.4, 0.5) is 43.4 Å². The molecule has 0 unspecified atom stereocenters. The van der Waals surface area contributed by atoms with Gasteiger partial charge in [0.25, 0.3) is 11.8 Å². The number of anilines is 3. The highest BCUT2D eigenvalue weighted by molar-refractivity contribution is 6.35. The Morgan fingerprint density at radius 1 is 0.783 bits per heavy atom. The number of amides is 2. The second-order valence-corrected chi connectivity index (χ2v) is 13.8. The van der Waals surface area contributed by atoms with Crippen molar-refractivity contribution in [3.8, 4) is 5.75 Å². The number of methoxy groups -OCH3 is 1. The molecule has 0 radical (unpaired) electrons. The number of nitrogens with one attached hydrogen (secondary N) is 4. The Hall–Kier alpha value is -6.82. The Kier molecular flexibility index (Phi) is 12.3. The van der Waals surface area contributed by atoms with Crippen LogP contribution in [0.3, 0.4) is 0 Å². The second kappa shape index (κ2) is 17.2. The van der Waals surface area contributed by atoms with Gasteiger partial charge in [-0.05, 0) is 73.9 Å². The molecule has 3 heterocycles. The normalized spacial score (nSPS) is 14.3. The number of carbonyl (C=O) groups is 3. The molecule has 19 heteroatoms. The zero-order valence-electron chi connectivity index (χ0n) is 31.1. The van der Waals surface area contributed by atoms with Crippen LogP contribution in [0.1, 0.15) is 51.1 Å². The average molecular weight is 856 g/mol. The lowest BCUT2D eigenvalue weighted by atomic mass is 10.00. The number of rotatable bonds is 6. The number of hydrogen-bond acceptors (Lipinski definition) is 8. The zero-order valence-corrected chi connectivity index (χ0v) is 31.8. The number of H-pyrrole nitrogens is 2. The van der Waals surface area contributed by atoms with Crippen molar-refractivity contribution in [2.75, 3.05) is 29.2 Å². The van der Waals surface area contributed by atoms with E-state index in [0.29, 0.717) is 35.1 Å². The Labute approximate surface area is 339 Å². The van der Waals surface area contributed by atoms with E-state index >= 15 is 0 Å². The van der Waals surface area contributed by atoms with Crippen LogP contribution in [0.25, 0.3) is 21.8 Å². The maximum Gasteiger partial charge on any atom is 0.419 e. The Bertz CT molecular complexity index is 2750. The Morgan fingerprint density at radius 2 is 1.43 bits per heavy atom. The van der Waals surface area contributed by atoms with Crippen molar-refractivity contribution in [3.63, 3.8) is 0 Å². The van der Waals surface area contributed by atoms with Gasteiger partial charge in [-0.15, -0.1) is 0 Å². The van der Waals surface area contributed by atoms with Gasteiger partial charge in [-0.25, -0.2) is 4.79 Å². The number of phenolic OH excluding ortho intramolecular Hbond substituents is 1. The highest BCUT2D eigenvalue weighted by Gasteiger charge is 2.37. The van der Waals surface area contributed by atoms with Gasteiger partial charge < -0.3 is 35.3 Å². The number of nitrogens with zero attached hydrogens (tertiary/aromatic N) is 1. The van der Waals surface area contributed by atoms with Crippen LogP contribution < -0.4 is 26.4 Å². The molecule has 1 fully saturated rings. The van der Waals surface area contributed by atoms with Crippen LogP contribution in [-0.2, 0) is 21.9 Å². The molecule has 2 amide bonds. The van der Waals surface area contributed by atoms with Gasteiger partial charge in [-0.3, -0.25) is 19.2 Å². The van der Waals surface area contributed by atoms with E-state index in [2.05, 4.69) is 20.6 Å². The summed E-state index contributed by atoms with van der Waals surface area (Å²) in [6.45, 7) is 0.398. The van der Waals surface area contributed by atoms with Gasteiger partial charge >= 0.3 is 18.3 Å². The number of aromatic hydroxyl groups is 1. The number of benzene rings is 4. The molecule has 0 aliphatic carbocycles. The molecule has 0 saturated carbocycles. The maximum atomic E-state index is 13.9. The molecule has 5 N–H and O–H groups in total. The third-order valence-electron chi connectivity index (χ3n) is 9.57. The van der Waals surface area contributed by atoms with E-state index in [0.717, 1.165) is 43.3 Å². The number of phenols is 1. The molecule has 6 aromatic rings. The quantitative estimate of drug-likeness (QED) is 0.0820. The molecule has 7 rings (SSSR count). The summed E-state index contributed by atoms with van der Waals surface area (Å²) in [6, 6.07) is 16.3. The number of ether oxygens (including phenoxy) is 1. The summed E-state index contributed by atoms with van der Waals surface area (Å²) < 4.78 is 84.5. The van der Waals surface area contributed by atoms with Crippen LogP contribution in [0.2, 0.25) is 5.02 Å². The summed E-state index contributed by atoms with van der Waals surface area (Å²) in [6.07, 6.45) is -5.22. The van der Waals surface area contributed by atoms with E-state index in [4.69, 9.17) is 16.3 Å². The van der Waals surface area contributed by atoms with Crippen molar-refractivity contribution in [3.05, 3.63) is 139 Å². The molecular weight excluding hydrogens is 824 g/mol. The fourth-order valence-electron chi connectivity index (χ4n) is 6.63. The molecule has 12 nitrogen and oxygen atoms in total. The lowest BCUT2D eigenvalue weighted by Gasteiger charge is -2.36. The van der Waals surface area contributed by atoms with Crippen molar-refractivity contribution in [2.45, 2.75) is 37.7 Å². The fourth-order valence-corrected chi connectivity index (χ4v) is 6.86. The number of para-hydroxylation sites is 2. The molecular formula is C41H32ClF6N5O7. The molecule has 1 aliphatic heterocycles. The summed E-state index contributed by atoms with van der Waals surface area (Å²) in [5, 5.41) is 14.7. The minimum absolute atomic E-state index is 0.0916. The average Bonchev–Trinajstić information content (AvgIpc) is 3.20. The lowest BCUT2D eigenvalue weighted by molar-refractivity contribution is -0.142. The second-order valence-electron chi connectivity index (χ2n) is 13.4. The minimum atomic E-state index is -4.79. The van der Waals surface area contributed by atoms with Crippen LogP contribution in [0, 0.1) is 0 Å². The summed E-state index contributed by atoms with van der Waals surface area (Å²) in [4.78, 5) is 69.4. The number of esters is 1. The van der Waals surface area contributed by atoms with Crippen molar-refractivity contribution < 1.29 is 50.6 Å². The van der Waals surface area contributed by atoms with Crippen LogP contribution in [0.5, 0.6) is 5.75 Å². The summed E-state index contributed by atoms with van der Waals surface area (Å²) >= 11 is 5.97. The first-order valence-corrected chi connectivity index (χ1v) is 18.3. The van der Waals surface area contributed by atoms with Gasteiger partial charge in [0.15, 0.2) is 0 Å². The van der Waals surface area contributed by atoms with E-state index in [-0.39, 0.29) is 33.3 Å². The minimum Gasteiger partial charge on any atom is -0.507 e. The largest absolute Gasteiger partial charge is 0.507 e. The predicted molar refractivity (Wildman–Crippen MR) is 212 cm³/mol. The van der Waals surface area contributed by atoms with E-state index in [1.807, 2.05) is 0 Å². The third kappa shape index (κ3) is 9.07. The van der Waals surface area contributed by atoms with Gasteiger partial charge in [0.1, 0.15) is 22.9 Å². The fraction of sp³-hybridized carbons (Fsp3) is 0.195. The van der Waals surface area contributed by atoms with Gasteiger partial charge in [0.2, 0.25) is 10.9 Å². The van der Waals surface area contributed by atoms with Crippen molar-refractivity contribution in [1.82, 2.24) is 9.97 Å². The summed E-state index contributed by atoms with van der Waals surface area (Å²) in [7, 11) is 1.24. The maximum absolute atomic E-state index is 13.9. The monoisotopic (exact) mass is 855 g/mol. The molecule has 4 aromatic carbocycles. The van der Waals surface area contributed by atoms with Crippen molar-refractivity contribution in [1.29, 1.82) is 0 Å². The first-order chi connectivity index (χ1) is 28.4. The van der Waals surface area contributed by atoms with Crippen molar-refractivity contribution in [2.24, 2.45) is 0 Å². The molecule has 0 bridgehead atoms. The van der Waals surface area contributed by atoms with Gasteiger partial charge in [0.05, 0.1) is 34.5 Å². The SMILES string of the molecule is COC(=O)[C@@H]1CCCCN1c1ccc(NC(=O)c2c[nH]c3ccccc3c2=O)c(C(F)(F)F)c1.O=C(Nc1ccc(C(F)(F)F)c(O)c1)c1c[nH]c2c(Cl)cccc2c1=O. The first-order valence-electron chi connectivity index (χ1n) is 17.9. The molecule has 60 heavy (non-hydrogen) atoms. The molecule has 1 aliphatic rings. The molecule has 0 spiro atoms. The number of alkyl halides is 6. The highest BCUT2D eigenvalue weighted by Crippen LogP contribution is 2.39. The van der Waals surface area contributed by atoms with E-state index in [1.165, 1.54) is 31.5 Å². The number of piperidine rings is 1. The zero-order chi connectivity index (χ0) is 43.5. The molecule has 1 atom stereocenters. The number of halogens is 7. The van der Waals surface area contributed by atoms with Gasteiger partial charge in [-0.1, -0.05) is 29.8 Å². The summed E-state index contributed by atoms with van der Waals surface area (Å²) in [5.41, 5.74) is -3.55. The number of hydrogen-bond donors (Lipinski definition) is 5.